The van der Waals surface area contributed by atoms with Gasteiger partial charge in [-0.05, 0) is 23.1 Å². The first-order valence-corrected chi connectivity index (χ1v) is 10.5. The number of aromatic nitrogens is 1. The number of ether oxygens (including phenoxy) is 1. The van der Waals surface area contributed by atoms with E-state index in [1.54, 1.807) is 17.0 Å². The number of rotatable bonds is 5. The summed E-state index contributed by atoms with van der Waals surface area (Å²) in [7, 11) is 0. The highest BCUT2D eigenvalue weighted by molar-refractivity contribution is 5.72. The highest BCUT2D eigenvalue weighted by Gasteiger charge is 2.25. The molecule has 1 saturated heterocycles. The van der Waals surface area contributed by atoms with Crippen molar-refractivity contribution in [2.45, 2.75) is 34.4 Å². The van der Waals surface area contributed by atoms with Gasteiger partial charge in [0.1, 0.15) is 12.5 Å². The summed E-state index contributed by atoms with van der Waals surface area (Å²) in [6.45, 7) is 9.47. The van der Waals surface area contributed by atoms with Crippen molar-refractivity contribution in [3.8, 4) is 11.1 Å². The number of benzene rings is 1. The number of hydrogen-bond donors (Lipinski definition) is 1. The van der Waals surface area contributed by atoms with Gasteiger partial charge in [-0.1, -0.05) is 26.8 Å². The Bertz CT molecular complexity index is 1030. The summed E-state index contributed by atoms with van der Waals surface area (Å²) in [5.74, 6) is -0.735. The average Bonchev–Trinajstić information content (AvgIpc) is 3.10. The van der Waals surface area contributed by atoms with Crippen molar-refractivity contribution in [2.75, 3.05) is 37.7 Å². The Kier molecular flexibility index (Phi) is 6.90. The second kappa shape index (κ2) is 9.46. The van der Waals surface area contributed by atoms with Gasteiger partial charge in [0, 0.05) is 33.1 Å². The Balaban J connectivity index is 1.64. The van der Waals surface area contributed by atoms with Crippen molar-refractivity contribution in [3.05, 3.63) is 40.6 Å². The molecule has 0 saturated carbocycles. The molecule has 1 N–H and O–H groups in total. The fourth-order valence-electron chi connectivity index (χ4n) is 3.27. The summed E-state index contributed by atoms with van der Waals surface area (Å²) in [6.07, 6.45) is 1.07. The molecule has 2 amide bonds. The van der Waals surface area contributed by atoms with E-state index in [2.05, 4.69) is 5.32 Å². The number of carbonyl (C=O) groups is 2. The molecule has 1 fully saturated rings. The topological polar surface area (TPSA) is 97.0 Å². The Morgan fingerprint density at radius 3 is 2.47 bits per heavy atom. The second-order valence-corrected chi connectivity index (χ2v) is 8.99. The van der Waals surface area contributed by atoms with Crippen molar-refractivity contribution in [3.63, 3.8) is 0 Å². The fraction of sp³-hybridized carbons (Fsp3) is 0.500. The van der Waals surface area contributed by atoms with E-state index in [4.69, 9.17) is 9.26 Å². The number of carbonyl (C=O) groups excluding carboxylic acids is 2. The normalized spacial score (nSPS) is 14.4. The molecule has 0 unspecified atom stereocenters. The van der Waals surface area contributed by atoms with Crippen LogP contribution in [0.15, 0.2) is 33.7 Å². The molecule has 2 aromatic rings. The molecule has 3 rings (SSSR count). The second-order valence-electron chi connectivity index (χ2n) is 8.99. The number of anilines is 1. The molecule has 0 aliphatic carbocycles. The van der Waals surface area contributed by atoms with Crippen LogP contribution in [-0.2, 0) is 16.2 Å². The zero-order valence-corrected chi connectivity index (χ0v) is 18.8. The van der Waals surface area contributed by atoms with Gasteiger partial charge < -0.3 is 24.4 Å². The zero-order valence-electron chi connectivity index (χ0n) is 18.8. The van der Waals surface area contributed by atoms with Gasteiger partial charge >= 0.3 is 11.7 Å². The van der Waals surface area contributed by atoms with Crippen molar-refractivity contribution in [2.24, 2.45) is 5.41 Å². The van der Waals surface area contributed by atoms with Crippen LogP contribution in [-0.4, -0.2) is 54.4 Å². The monoisotopic (exact) mass is 448 g/mol. The molecule has 32 heavy (non-hydrogen) atoms. The molecule has 1 aromatic heterocycles. The van der Waals surface area contributed by atoms with Crippen LogP contribution >= 0.6 is 0 Å². The zero-order chi connectivity index (χ0) is 23.5. The molecule has 1 aliphatic rings. The van der Waals surface area contributed by atoms with Crippen LogP contribution in [0.1, 0.15) is 27.7 Å². The number of amides is 2. The minimum absolute atomic E-state index is 0.00754. The molecule has 0 atom stereocenters. The summed E-state index contributed by atoms with van der Waals surface area (Å²) in [4.78, 5) is 38.8. The molecule has 10 heteroatoms. The smallest absolute Gasteiger partial charge is 0.409 e. The fourth-order valence-corrected chi connectivity index (χ4v) is 3.27. The van der Waals surface area contributed by atoms with Crippen LogP contribution in [0, 0.1) is 11.2 Å². The summed E-state index contributed by atoms with van der Waals surface area (Å²) in [5.41, 5.74) is 0.256. The minimum Gasteiger partial charge on any atom is -0.449 e. The molecule has 2 heterocycles. The summed E-state index contributed by atoms with van der Waals surface area (Å²) in [6, 6.07) is 4.55. The maximum Gasteiger partial charge on any atom is 0.409 e. The van der Waals surface area contributed by atoms with Crippen LogP contribution in [0.3, 0.4) is 0 Å². The van der Waals surface area contributed by atoms with E-state index < -0.39 is 11.4 Å². The van der Waals surface area contributed by atoms with Gasteiger partial charge in [0.25, 0.3) is 0 Å². The predicted octanol–water partition coefficient (Wildman–Crippen LogP) is 2.65. The molecule has 0 radical (unpaired) electrons. The highest BCUT2D eigenvalue weighted by atomic mass is 19.1. The first-order valence-electron chi connectivity index (χ1n) is 10.5. The third-order valence-electron chi connectivity index (χ3n) is 4.94. The maximum absolute atomic E-state index is 14.9. The lowest BCUT2D eigenvalue weighted by atomic mass is 9.99. The van der Waals surface area contributed by atoms with Gasteiger partial charge in [0.2, 0.25) is 5.91 Å². The van der Waals surface area contributed by atoms with Crippen LogP contribution < -0.4 is 15.8 Å². The number of piperazine rings is 1. The largest absolute Gasteiger partial charge is 0.449 e. The van der Waals surface area contributed by atoms with E-state index in [1.165, 1.54) is 23.9 Å². The first kappa shape index (κ1) is 23.4. The van der Waals surface area contributed by atoms with E-state index in [1.807, 2.05) is 25.7 Å². The van der Waals surface area contributed by atoms with Crippen LogP contribution in [0.2, 0.25) is 0 Å². The van der Waals surface area contributed by atoms with Crippen molar-refractivity contribution < 1.29 is 23.2 Å². The van der Waals surface area contributed by atoms with Crippen LogP contribution in [0.4, 0.5) is 14.9 Å². The Hall–Kier alpha value is -3.30. The Labute approximate surface area is 185 Å². The van der Waals surface area contributed by atoms with Gasteiger partial charge in [0.05, 0.1) is 24.1 Å². The standard InChI is InChI=1S/C22H29FN4O5/c1-15(28)24-14-27-12-17(20(29)32-27)16-5-6-19(18(23)11-16)25-7-9-26(10-8-25)21(30)31-13-22(2,3)4/h5-6,11-12H,7-10,13-14H2,1-4H3,(H,24,28). The summed E-state index contributed by atoms with van der Waals surface area (Å²) < 4.78 is 26.5. The van der Waals surface area contributed by atoms with E-state index in [0.717, 1.165) is 0 Å². The van der Waals surface area contributed by atoms with Gasteiger partial charge in [-0.15, -0.1) is 0 Å². The molecule has 1 aliphatic heterocycles. The lowest BCUT2D eigenvalue weighted by Gasteiger charge is -2.36. The third-order valence-corrected chi connectivity index (χ3v) is 4.94. The number of halogens is 1. The number of nitrogens with one attached hydrogen (secondary N) is 1. The minimum atomic E-state index is -0.620. The van der Waals surface area contributed by atoms with E-state index in [9.17, 15) is 18.8 Å². The molecule has 174 valence electrons. The van der Waals surface area contributed by atoms with Gasteiger partial charge in [-0.2, -0.15) is 4.74 Å². The summed E-state index contributed by atoms with van der Waals surface area (Å²) >= 11 is 0. The molecule has 1 aromatic carbocycles. The predicted molar refractivity (Wildman–Crippen MR) is 117 cm³/mol. The quantitative estimate of drug-likeness (QED) is 0.755. The maximum atomic E-state index is 14.9. The summed E-state index contributed by atoms with van der Waals surface area (Å²) in [5, 5.41) is 2.52. The van der Waals surface area contributed by atoms with E-state index >= 15 is 0 Å². The van der Waals surface area contributed by atoms with E-state index in [-0.39, 0.29) is 29.6 Å². The first-order chi connectivity index (χ1) is 15.0. The SMILES string of the molecule is CC(=O)NCn1cc(-c2ccc(N3CCN(C(=O)OCC(C)(C)C)CC3)c(F)c2)c(=O)o1. The average molecular weight is 448 g/mol. The molecule has 9 nitrogen and oxygen atoms in total. The van der Waals surface area contributed by atoms with Crippen LogP contribution in [0.25, 0.3) is 11.1 Å². The Morgan fingerprint density at radius 2 is 1.88 bits per heavy atom. The highest BCUT2D eigenvalue weighted by Crippen LogP contribution is 2.26. The van der Waals surface area contributed by atoms with Gasteiger partial charge in [-0.25, -0.2) is 14.0 Å². The van der Waals surface area contributed by atoms with Gasteiger partial charge in [-0.3, -0.25) is 4.79 Å². The molecular formula is C22H29FN4O5. The molecule has 0 bridgehead atoms. The lowest BCUT2D eigenvalue weighted by Crippen LogP contribution is -2.49. The Morgan fingerprint density at radius 1 is 1.19 bits per heavy atom. The lowest BCUT2D eigenvalue weighted by molar-refractivity contribution is -0.119. The van der Waals surface area contributed by atoms with E-state index in [0.29, 0.717) is 44.0 Å². The number of hydrogen-bond acceptors (Lipinski definition) is 6. The van der Waals surface area contributed by atoms with Crippen molar-refractivity contribution >= 4 is 17.7 Å². The van der Waals surface area contributed by atoms with Crippen molar-refractivity contribution in [1.82, 2.24) is 15.0 Å². The van der Waals surface area contributed by atoms with Crippen LogP contribution in [0.5, 0.6) is 0 Å². The number of nitrogens with zero attached hydrogens (tertiary/aromatic N) is 3. The third kappa shape index (κ3) is 5.89. The van der Waals surface area contributed by atoms with Gasteiger partial charge in [0.15, 0.2) is 0 Å². The molecular weight excluding hydrogens is 419 g/mol. The molecule has 0 spiro atoms. The van der Waals surface area contributed by atoms with Crippen molar-refractivity contribution in [1.29, 1.82) is 0 Å².